The van der Waals surface area contributed by atoms with E-state index in [1.807, 2.05) is 0 Å². The van der Waals surface area contributed by atoms with E-state index in [2.05, 4.69) is 26.3 Å². The van der Waals surface area contributed by atoms with Crippen LogP contribution in [0.1, 0.15) is 19.0 Å². The van der Waals surface area contributed by atoms with E-state index >= 15 is 0 Å². The first-order valence-electron chi connectivity index (χ1n) is 12.8. The van der Waals surface area contributed by atoms with Crippen LogP contribution in [0.5, 0.6) is 0 Å². The molecule has 3 fully saturated rings. The highest BCUT2D eigenvalue weighted by molar-refractivity contribution is 7.13. The molecule has 1 aromatic carbocycles. The van der Waals surface area contributed by atoms with Crippen molar-refractivity contribution in [2.75, 3.05) is 19.4 Å². The van der Waals surface area contributed by atoms with E-state index in [9.17, 15) is 24.5 Å². The summed E-state index contributed by atoms with van der Waals surface area (Å²) in [4.78, 5) is 17.5. The number of nitrogens with one attached hydrogen (secondary N) is 4. The maximum atomic E-state index is 13.1. The van der Waals surface area contributed by atoms with Crippen molar-refractivity contribution < 1.29 is 38.7 Å². The lowest BCUT2D eigenvalue weighted by molar-refractivity contribution is -0.449. The van der Waals surface area contributed by atoms with Crippen molar-refractivity contribution in [3.63, 3.8) is 0 Å². The van der Waals surface area contributed by atoms with Gasteiger partial charge in [0.1, 0.15) is 24.1 Å². The average Bonchev–Trinajstić information content (AvgIpc) is 3.32. The molecule has 14 heteroatoms. The first kappa shape index (κ1) is 28.3. The van der Waals surface area contributed by atoms with Crippen LogP contribution in [0, 0.1) is 5.82 Å². The van der Waals surface area contributed by atoms with Gasteiger partial charge in [-0.05, 0) is 51.7 Å². The van der Waals surface area contributed by atoms with Crippen LogP contribution in [-0.2, 0) is 25.4 Å². The number of likely N-dealkylation sites (N-methyl/N-ethyl adjacent to an activating group) is 2. The smallest absolute Gasteiger partial charge is 0.239 e. The lowest BCUT2D eigenvalue weighted by Crippen LogP contribution is -2.79. The minimum atomic E-state index is -2.07. The Morgan fingerprint density at radius 3 is 2.54 bits per heavy atom. The summed E-state index contributed by atoms with van der Waals surface area (Å²) in [6.45, 7) is 1.79. The number of hydrogen-bond acceptors (Lipinski definition) is 12. The van der Waals surface area contributed by atoms with Gasteiger partial charge in [0, 0.05) is 11.1 Å². The third-order valence-electron chi connectivity index (χ3n) is 7.48. The SMILES string of the molecule is CN[C@@H]1[C@H](O)[C@H](NC)C2O[C@]3(O)C(OC2[C@H]1O)O[C@H](C)C[C@H]3NC(=O)Cc1csc(Nc2ccc(F)cc2)n1. The van der Waals surface area contributed by atoms with Crippen molar-refractivity contribution in [2.24, 2.45) is 0 Å². The van der Waals surface area contributed by atoms with Gasteiger partial charge in [0.2, 0.25) is 18.0 Å². The number of nitrogens with zero attached hydrogens (tertiary/aromatic N) is 1. The summed E-state index contributed by atoms with van der Waals surface area (Å²) < 4.78 is 31.2. The first-order chi connectivity index (χ1) is 18.6. The van der Waals surface area contributed by atoms with Crippen molar-refractivity contribution in [3.8, 4) is 0 Å². The average molecular weight is 568 g/mol. The Balaban J connectivity index is 1.28. The molecule has 1 saturated carbocycles. The maximum absolute atomic E-state index is 13.1. The molecule has 10 atom stereocenters. The van der Waals surface area contributed by atoms with E-state index in [-0.39, 0.29) is 18.7 Å². The summed E-state index contributed by atoms with van der Waals surface area (Å²) in [6.07, 6.45) is -5.50. The fourth-order valence-electron chi connectivity index (χ4n) is 5.53. The molecule has 1 aliphatic carbocycles. The fraction of sp³-hybridized carbons (Fsp3) is 0.600. The highest BCUT2D eigenvalue weighted by atomic mass is 32.1. The number of aliphatic hydroxyl groups excluding tert-OH is 2. The number of ether oxygens (including phenoxy) is 3. The van der Waals surface area contributed by atoms with Gasteiger partial charge in [0.05, 0.1) is 42.4 Å². The number of benzene rings is 1. The van der Waals surface area contributed by atoms with Gasteiger partial charge in [-0.1, -0.05) is 0 Å². The Morgan fingerprint density at radius 1 is 1.13 bits per heavy atom. The molecule has 7 N–H and O–H groups in total. The number of rotatable bonds is 7. The van der Waals surface area contributed by atoms with Gasteiger partial charge in [-0.15, -0.1) is 11.3 Å². The van der Waals surface area contributed by atoms with Gasteiger partial charge in [-0.25, -0.2) is 9.37 Å². The molecule has 1 amide bonds. The number of anilines is 2. The van der Waals surface area contributed by atoms with E-state index in [0.717, 1.165) is 0 Å². The molecule has 0 spiro atoms. The lowest BCUT2D eigenvalue weighted by atomic mass is 9.79. The zero-order valence-corrected chi connectivity index (χ0v) is 22.5. The van der Waals surface area contributed by atoms with Crippen LogP contribution in [0.15, 0.2) is 29.6 Å². The third kappa shape index (κ3) is 5.53. The van der Waals surface area contributed by atoms with Crippen LogP contribution in [0.2, 0.25) is 0 Å². The Morgan fingerprint density at radius 2 is 1.85 bits per heavy atom. The van der Waals surface area contributed by atoms with E-state index < -0.39 is 66.6 Å². The molecule has 214 valence electrons. The summed E-state index contributed by atoms with van der Waals surface area (Å²) in [6, 6.07) is 3.57. The number of thiazole rings is 1. The van der Waals surface area contributed by atoms with Gasteiger partial charge < -0.3 is 50.8 Å². The van der Waals surface area contributed by atoms with Crippen LogP contribution < -0.4 is 21.3 Å². The van der Waals surface area contributed by atoms with Crippen molar-refractivity contribution >= 4 is 28.1 Å². The topological polar surface area (TPSA) is 166 Å². The Bertz CT molecular complexity index is 1160. The third-order valence-corrected chi connectivity index (χ3v) is 8.28. The normalized spacial score (nSPS) is 38.0. The van der Waals surface area contributed by atoms with Crippen LogP contribution in [0.4, 0.5) is 15.2 Å². The monoisotopic (exact) mass is 567 g/mol. The minimum Gasteiger partial charge on any atom is -0.390 e. The van der Waals surface area contributed by atoms with Gasteiger partial charge in [-0.3, -0.25) is 4.79 Å². The predicted octanol–water partition coefficient (Wildman–Crippen LogP) is -0.428. The van der Waals surface area contributed by atoms with Gasteiger partial charge in [0.15, 0.2) is 5.13 Å². The second kappa shape index (κ2) is 11.3. The summed E-state index contributed by atoms with van der Waals surface area (Å²) in [5, 5.41) is 47.5. The number of halogens is 1. The largest absolute Gasteiger partial charge is 0.390 e. The zero-order valence-electron chi connectivity index (χ0n) is 21.7. The molecule has 3 unspecified atom stereocenters. The summed E-state index contributed by atoms with van der Waals surface area (Å²) >= 11 is 1.30. The standard InChI is InChI=1S/C25H34FN5O7S/c1-11-8-15(31-16(32)9-14-10-39-24(30-14)29-13-6-4-12(26)5-7-13)25(35)23(36-11)37-22-20(34)17(27-2)19(33)18(28-3)21(22)38-25/h4-7,10-11,15,17-23,27-28,33-35H,8-9H2,1-3H3,(H,29,30)(H,31,32)/t11-,15-,17-,18+,19+,20+,21?,22?,23?,25+/m1/s1. The molecule has 39 heavy (non-hydrogen) atoms. The number of amides is 1. The molecule has 2 aliphatic heterocycles. The molecule has 1 aromatic heterocycles. The quantitative estimate of drug-likeness (QED) is 0.232. The molecule has 2 aromatic rings. The van der Waals surface area contributed by atoms with E-state index in [1.54, 1.807) is 38.5 Å². The van der Waals surface area contributed by atoms with Crippen LogP contribution >= 0.6 is 11.3 Å². The fourth-order valence-corrected chi connectivity index (χ4v) is 6.26. The second-order valence-corrected chi connectivity index (χ2v) is 11.0. The zero-order chi connectivity index (χ0) is 27.9. The van der Waals surface area contributed by atoms with Crippen LogP contribution in [-0.4, -0.2) is 101 Å². The number of carbonyl (C=O) groups excluding carboxylic acids is 1. The summed E-state index contributed by atoms with van der Waals surface area (Å²) in [5.41, 5.74) is 1.18. The highest BCUT2D eigenvalue weighted by Crippen LogP contribution is 2.42. The van der Waals surface area contributed by atoms with Crippen LogP contribution in [0.3, 0.4) is 0 Å². The number of aliphatic hydroxyl groups is 3. The Labute approximate surface area is 228 Å². The van der Waals surface area contributed by atoms with Gasteiger partial charge in [-0.2, -0.15) is 0 Å². The molecule has 3 heterocycles. The number of aromatic nitrogens is 1. The van der Waals surface area contributed by atoms with E-state index in [0.29, 0.717) is 16.5 Å². The molecule has 12 nitrogen and oxygen atoms in total. The van der Waals surface area contributed by atoms with Crippen molar-refractivity contribution in [1.82, 2.24) is 20.9 Å². The summed E-state index contributed by atoms with van der Waals surface area (Å²) in [7, 11) is 3.26. The maximum Gasteiger partial charge on any atom is 0.239 e. The molecule has 2 saturated heterocycles. The molecule has 3 aliphatic rings. The second-order valence-electron chi connectivity index (χ2n) is 10.1. The number of fused-ring (bicyclic) bond motifs is 2. The Hall–Kier alpha value is -2.27. The number of hydrogen-bond donors (Lipinski definition) is 7. The number of carbonyl (C=O) groups is 1. The van der Waals surface area contributed by atoms with Crippen molar-refractivity contribution in [2.45, 2.75) is 80.5 Å². The van der Waals surface area contributed by atoms with Gasteiger partial charge >= 0.3 is 0 Å². The molecular weight excluding hydrogens is 533 g/mol. The molecule has 5 rings (SSSR count). The molecular formula is C25H34FN5O7S. The van der Waals surface area contributed by atoms with Crippen LogP contribution in [0.25, 0.3) is 0 Å². The highest BCUT2D eigenvalue weighted by Gasteiger charge is 2.63. The minimum absolute atomic E-state index is 0.0542. The van der Waals surface area contributed by atoms with Crippen molar-refractivity contribution in [1.29, 1.82) is 0 Å². The summed E-state index contributed by atoms with van der Waals surface area (Å²) in [5.74, 6) is -2.80. The Kier molecular flexibility index (Phi) is 8.20. The molecule has 0 radical (unpaired) electrons. The van der Waals surface area contributed by atoms with E-state index in [1.165, 1.54) is 23.5 Å². The molecule has 0 bridgehead atoms. The van der Waals surface area contributed by atoms with Crippen molar-refractivity contribution in [3.05, 3.63) is 41.2 Å². The first-order valence-corrected chi connectivity index (χ1v) is 13.7. The van der Waals surface area contributed by atoms with Gasteiger partial charge in [0.25, 0.3) is 0 Å². The predicted molar refractivity (Wildman–Crippen MR) is 139 cm³/mol. The van der Waals surface area contributed by atoms with E-state index in [4.69, 9.17) is 14.2 Å². The lowest BCUT2D eigenvalue weighted by Gasteiger charge is -2.58.